The van der Waals surface area contributed by atoms with Crippen LogP contribution in [0.4, 0.5) is 105 Å². The Labute approximate surface area is 436 Å². The van der Waals surface area contributed by atoms with Crippen molar-refractivity contribution >= 4 is 38.9 Å². The van der Waals surface area contributed by atoms with E-state index in [0.29, 0.717) is 0 Å². The predicted molar refractivity (Wildman–Crippen MR) is 243 cm³/mol. The Bertz CT molecular complexity index is 2900. The summed E-state index contributed by atoms with van der Waals surface area (Å²) in [6.45, 7) is 0. The van der Waals surface area contributed by atoms with Gasteiger partial charge in [-0.05, 0) is 72.9 Å². The van der Waals surface area contributed by atoms with Gasteiger partial charge in [-0.1, -0.05) is 92.1 Å². The highest BCUT2D eigenvalue weighted by Gasteiger charge is 2.47. The Morgan fingerprint density at radius 2 is 0.625 bits per heavy atom. The molecule has 0 saturated heterocycles. The van der Waals surface area contributed by atoms with Gasteiger partial charge in [0.1, 0.15) is 6.15 Å². The molecule has 1 aliphatic carbocycles. The maximum Gasteiger partial charge on any atom is 0.416 e. The molecule has 0 spiro atoms. The van der Waals surface area contributed by atoms with Gasteiger partial charge < -0.3 is 0 Å². The molecule has 6 aromatic carbocycles. The molecule has 1 aromatic heterocycles. The molecule has 0 atom stereocenters. The first-order chi connectivity index (χ1) is 36.7. The molecule has 1 saturated carbocycles. The van der Waals surface area contributed by atoms with Crippen molar-refractivity contribution in [3.63, 3.8) is 0 Å². The van der Waals surface area contributed by atoms with Crippen LogP contribution in [0.5, 0.6) is 5.75 Å². The molecule has 80 heavy (non-hydrogen) atoms. The fourth-order valence-corrected chi connectivity index (χ4v) is 9.63. The summed E-state index contributed by atoms with van der Waals surface area (Å²) in [6, 6.07) is 12.2. The first kappa shape index (κ1) is 60.6. The number of hydrogen-bond donors (Lipinski definition) is 0. The Balaban J connectivity index is 0.000000329. The van der Waals surface area contributed by atoms with Crippen LogP contribution in [0.25, 0.3) is 10.9 Å². The van der Waals surface area contributed by atoms with E-state index in [4.69, 9.17) is 4.84 Å². The topological polar surface area (TPSA) is 13.1 Å². The summed E-state index contributed by atoms with van der Waals surface area (Å²) in [6.07, 6.45) is -46.0. The van der Waals surface area contributed by atoms with Gasteiger partial charge in [-0.2, -0.15) is 127 Å². The van der Waals surface area contributed by atoms with Crippen molar-refractivity contribution in [2.75, 3.05) is 0 Å². The summed E-state index contributed by atoms with van der Waals surface area (Å²) in [7, 11) is 0. The van der Waals surface area contributed by atoms with E-state index in [2.05, 4.69) is 42.5 Å². The maximum atomic E-state index is 14.2. The van der Waals surface area contributed by atoms with Crippen LogP contribution in [-0.4, -0.2) is 6.15 Å². The summed E-state index contributed by atoms with van der Waals surface area (Å²) in [5.41, 5.74) is -27.7. The lowest BCUT2D eigenvalue weighted by Gasteiger charge is -2.46. The highest BCUT2D eigenvalue weighted by atomic mass is 19.4. The highest BCUT2D eigenvalue weighted by Crippen LogP contribution is 2.42. The van der Waals surface area contributed by atoms with Gasteiger partial charge in [-0.3, -0.25) is 0 Å². The van der Waals surface area contributed by atoms with Crippen molar-refractivity contribution in [2.24, 2.45) is 0 Å². The van der Waals surface area contributed by atoms with E-state index >= 15 is 0 Å². The molecule has 0 aliphatic heterocycles. The molecule has 2 nitrogen and oxygen atoms in total. The molecule has 428 valence electrons. The van der Waals surface area contributed by atoms with Crippen LogP contribution in [0.15, 0.2) is 140 Å². The second-order valence-electron chi connectivity index (χ2n) is 18.6. The monoisotopic (exact) mass is 1170 g/mol. The largest absolute Gasteiger partial charge is 0.416 e. The first-order valence-electron chi connectivity index (χ1n) is 23.2. The predicted octanol–water partition coefficient (Wildman–Crippen LogP) is 16.2. The van der Waals surface area contributed by atoms with Gasteiger partial charge in [0.05, 0.1) is 49.9 Å². The quantitative estimate of drug-likeness (QED) is 0.0881. The molecule has 1 heterocycles. The number of alkyl halides is 24. The van der Waals surface area contributed by atoms with Crippen LogP contribution in [0.3, 0.4) is 0 Å². The fraction of sp³-hybridized carbons (Fsp3) is 0.264. The highest BCUT2D eigenvalue weighted by molar-refractivity contribution is 7.20. The van der Waals surface area contributed by atoms with Gasteiger partial charge in [-0.15, -0.1) is 0 Å². The lowest BCUT2D eigenvalue weighted by Crippen LogP contribution is -2.75. The zero-order valence-corrected chi connectivity index (χ0v) is 39.9. The lowest BCUT2D eigenvalue weighted by atomic mass is 9.12. The summed E-state index contributed by atoms with van der Waals surface area (Å²) in [5, 5.41) is 1.17. The van der Waals surface area contributed by atoms with Gasteiger partial charge >= 0.3 is 49.4 Å². The van der Waals surface area contributed by atoms with Gasteiger partial charge in [0.2, 0.25) is 11.9 Å². The number of benzene rings is 6. The van der Waals surface area contributed by atoms with E-state index in [1.165, 1.54) is 43.1 Å². The van der Waals surface area contributed by atoms with Crippen LogP contribution in [-0.2, 0) is 49.4 Å². The average molecular weight is 1170 g/mol. The number of rotatable bonds is 7. The number of pyridine rings is 1. The summed E-state index contributed by atoms with van der Waals surface area (Å²) < 4.78 is 343. The van der Waals surface area contributed by atoms with Gasteiger partial charge in [0.15, 0.2) is 0 Å². The standard InChI is InChI=1S/C32H12BF24.C21H22NO/c34-25(35,36)13-1-14(26(37,38)39)6-21(5-13)33(22-7-15(27(40,41)42)2-16(8-22)28(43,44)45,23-9-17(29(46,47)48)3-18(10-23)30(49,50)51)24-11-19(31(52,53)54)4-20(12-24)32(55,56)57;1-2-7-17(8-3-1)18-12-14-20(15-13-18)23-22-16-6-10-19-9-4-5-11-21(19)22/h1-12H;4-6,9-17H,1-3,7-8H2/q-1;+1. The van der Waals surface area contributed by atoms with E-state index in [0.717, 1.165) is 17.2 Å². The van der Waals surface area contributed by atoms with Gasteiger partial charge in [-0.25, -0.2) is 4.84 Å². The van der Waals surface area contributed by atoms with Crippen molar-refractivity contribution in [3.8, 4) is 5.75 Å². The van der Waals surface area contributed by atoms with E-state index in [1.807, 2.05) is 29.1 Å². The normalized spacial score (nSPS) is 14.7. The molecule has 0 unspecified atom stereocenters. The number of aromatic nitrogens is 1. The molecular weight excluding hydrogens is 1130 g/mol. The molecular formula is C53H34BF24NO. The lowest BCUT2D eigenvalue weighted by molar-refractivity contribution is -0.854. The molecule has 7 aromatic rings. The van der Waals surface area contributed by atoms with Crippen LogP contribution >= 0.6 is 0 Å². The van der Waals surface area contributed by atoms with Gasteiger partial charge in [0.25, 0.3) is 5.52 Å². The minimum Gasteiger partial charge on any atom is -0.231 e. The molecule has 0 radical (unpaired) electrons. The van der Waals surface area contributed by atoms with Crippen molar-refractivity contribution in [3.05, 3.63) is 190 Å². The minimum atomic E-state index is -6.13. The number of nitrogens with zero attached hydrogens (tertiary/aromatic N) is 1. The third kappa shape index (κ3) is 13.6. The Hall–Kier alpha value is -7.09. The molecule has 1 aliphatic rings. The molecule has 8 rings (SSSR count). The van der Waals surface area contributed by atoms with Crippen LogP contribution in [0.2, 0.25) is 0 Å². The second kappa shape index (κ2) is 21.4. The zero-order valence-electron chi connectivity index (χ0n) is 39.9. The van der Waals surface area contributed by atoms with E-state index in [9.17, 15) is 105 Å². The summed E-state index contributed by atoms with van der Waals surface area (Å²) >= 11 is 0. The second-order valence-corrected chi connectivity index (χ2v) is 18.6. The maximum absolute atomic E-state index is 14.2. The van der Waals surface area contributed by atoms with Crippen molar-refractivity contribution in [2.45, 2.75) is 87.4 Å². The van der Waals surface area contributed by atoms with E-state index in [1.54, 1.807) is 0 Å². The number of fused-ring (bicyclic) bond motifs is 1. The van der Waals surface area contributed by atoms with Crippen LogP contribution in [0.1, 0.15) is 88.1 Å². The van der Waals surface area contributed by atoms with Crippen LogP contribution in [0, 0.1) is 0 Å². The summed E-state index contributed by atoms with van der Waals surface area (Å²) in [4.78, 5) is 6.05. The zero-order chi connectivity index (χ0) is 59.4. The third-order valence-corrected chi connectivity index (χ3v) is 13.3. The van der Waals surface area contributed by atoms with Crippen molar-refractivity contribution < 1.29 is 115 Å². The Morgan fingerprint density at radius 1 is 0.338 bits per heavy atom. The third-order valence-electron chi connectivity index (χ3n) is 13.3. The minimum absolute atomic E-state index is 0.691. The summed E-state index contributed by atoms with van der Waals surface area (Å²) in [5.74, 6) is 1.62. The van der Waals surface area contributed by atoms with Crippen molar-refractivity contribution in [1.82, 2.24) is 0 Å². The number of halogens is 24. The average Bonchev–Trinajstić information content (AvgIpc) is 3.36. The number of para-hydroxylation sites is 1. The fourth-order valence-electron chi connectivity index (χ4n) is 9.63. The first-order valence-corrected chi connectivity index (χ1v) is 23.2. The van der Waals surface area contributed by atoms with Crippen LogP contribution < -0.4 is 31.4 Å². The number of hydrogen-bond acceptors (Lipinski definition) is 1. The molecule has 27 heteroatoms. The molecule has 1 fully saturated rings. The smallest absolute Gasteiger partial charge is 0.231 e. The SMILES string of the molecule is FC(F)(F)c1cc([B-](c2cc(C(F)(F)F)cc(C(F)(F)F)c2)(c2cc(C(F)(F)F)cc(C(F)(F)F)c2)c2cc(C(F)(F)F)cc(C(F)(F)F)c2)cc(C(F)(F)F)c1.c1ccc2c(c1)ccc[n+]2Oc1ccc(C2CCCCC2)cc1. The van der Waals surface area contributed by atoms with Crippen molar-refractivity contribution in [1.29, 1.82) is 0 Å². The molecule has 0 bridgehead atoms. The van der Waals surface area contributed by atoms with E-state index in [-0.39, 0.29) is 0 Å². The Kier molecular flexibility index (Phi) is 16.2. The van der Waals surface area contributed by atoms with Gasteiger partial charge in [0, 0.05) is 16.9 Å². The van der Waals surface area contributed by atoms with E-state index < -0.39 is 195 Å². The molecule has 0 N–H and O–H groups in total. The Morgan fingerprint density at radius 3 is 0.925 bits per heavy atom. The molecule has 0 amide bonds.